The monoisotopic (exact) mass is 589 g/mol. The van der Waals surface area contributed by atoms with Crippen LogP contribution in [0.5, 0.6) is 0 Å². The smallest absolute Gasteiger partial charge is 0.0126 e. The van der Waals surface area contributed by atoms with Crippen LogP contribution in [0.1, 0.15) is 202 Å². The van der Waals surface area contributed by atoms with E-state index in [1.54, 1.807) is 38.9 Å². The van der Waals surface area contributed by atoms with Gasteiger partial charge in [-0.15, -0.1) is 0 Å². The SMILES string of the molecule is CC(C)(C)c1ccc(CCCc2cc(C(C)(C)C)c(C(C)(C)C)c(C(C)(C)C)c2C(C)(C)C)c(C(C)(C)C)c1C(C)(C)C. The van der Waals surface area contributed by atoms with Crippen molar-refractivity contribution in [3.05, 3.63) is 68.3 Å². The van der Waals surface area contributed by atoms with E-state index in [0.717, 1.165) is 19.3 Å². The summed E-state index contributed by atoms with van der Waals surface area (Å²) >= 11 is 0. The minimum Gasteiger partial charge on any atom is -0.0584 e. The van der Waals surface area contributed by atoms with Gasteiger partial charge in [0.05, 0.1) is 0 Å². The first-order valence-corrected chi connectivity index (χ1v) is 17.2. The fourth-order valence-electron chi connectivity index (χ4n) is 7.50. The van der Waals surface area contributed by atoms with Crippen LogP contribution in [0.15, 0.2) is 18.2 Å². The fourth-order valence-corrected chi connectivity index (χ4v) is 7.50. The van der Waals surface area contributed by atoms with Gasteiger partial charge >= 0.3 is 0 Å². The summed E-state index contributed by atoms with van der Waals surface area (Å²) in [4.78, 5) is 0. The van der Waals surface area contributed by atoms with Gasteiger partial charge in [-0.1, -0.05) is 164 Å². The van der Waals surface area contributed by atoms with Crippen molar-refractivity contribution in [2.75, 3.05) is 0 Å². The minimum absolute atomic E-state index is 0.0606. The lowest BCUT2D eigenvalue weighted by Crippen LogP contribution is -2.33. The van der Waals surface area contributed by atoms with Crippen LogP contribution < -0.4 is 0 Å². The lowest BCUT2D eigenvalue weighted by Gasteiger charge is -2.42. The molecule has 0 fully saturated rings. The maximum Gasteiger partial charge on any atom is -0.0126 e. The molecule has 0 aliphatic rings. The number of aryl methyl sites for hydroxylation is 2. The summed E-state index contributed by atoms with van der Waals surface area (Å²) in [5.41, 5.74) is 14.6. The zero-order chi connectivity index (χ0) is 33.9. The molecular formula is C43H72. The molecule has 0 heteroatoms. The summed E-state index contributed by atoms with van der Waals surface area (Å²) in [5.74, 6) is 0. The molecule has 244 valence electrons. The van der Waals surface area contributed by atoms with E-state index in [1.165, 1.54) is 11.1 Å². The van der Waals surface area contributed by atoms with Gasteiger partial charge in [-0.25, -0.2) is 0 Å². The van der Waals surface area contributed by atoms with Gasteiger partial charge < -0.3 is 0 Å². The molecule has 0 heterocycles. The van der Waals surface area contributed by atoms with Crippen molar-refractivity contribution < 1.29 is 0 Å². The molecule has 0 bridgehead atoms. The third kappa shape index (κ3) is 8.58. The summed E-state index contributed by atoms with van der Waals surface area (Å²) in [5, 5.41) is 0. The summed E-state index contributed by atoms with van der Waals surface area (Å²) < 4.78 is 0. The van der Waals surface area contributed by atoms with Crippen molar-refractivity contribution in [2.45, 2.75) is 203 Å². The first-order chi connectivity index (χ1) is 18.8. The van der Waals surface area contributed by atoms with Gasteiger partial charge in [0.25, 0.3) is 0 Å². The Morgan fingerprint density at radius 3 is 1.00 bits per heavy atom. The molecule has 0 radical (unpaired) electrons. The molecular weight excluding hydrogens is 516 g/mol. The van der Waals surface area contributed by atoms with E-state index in [9.17, 15) is 0 Å². The summed E-state index contributed by atoms with van der Waals surface area (Å²) in [6.07, 6.45) is 3.38. The first-order valence-electron chi connectivity index (χ1n) is 17.2. The number of benzene rings is 2. The molecule has 0 aliphatic heterocycles. The van der Waals surface area contributed by atoms with Crippen LogP contribution in [-0.4, -0.2) is 0 Å². The molecule has 2 aromatic carbocycles. The lowest BCUT2D eigenvalue weighted by atomic mass is 9.63. The van der Waals surface area contributed by atoms with Gasteiger partial charge in [0.1, 0.15) is 0 Å². The average molecular weight is 589 g/mol. The molecule has 2 rings (SSSR count). The molecule has 0 unspecified atom stereocenters. The zero-order valence-electron chi connectivity index (χ0n) is 32.9. The Morgan fingerprint density at radius 2 is 0.651 bits per heavy atom. The Labute approximate surface area is 270 Å². The number of rotatable bonds is 4. The predicted molar refractivity (Wildman–Crippen MR) is 196 cm³/mol. The van der Waals surface area contributed by atoms with Crippen LogP contribution in [0, 0.1) is 0 Å². The quantitative estimate of drug-likeness (QED) is 0.333. The predicted octanol–water partition coefficient (Wildman–Crippen LogP) is 12.9. The normalized spacial score (nSPS) is 14.4. The maximum absolute atomic E-state index is 2.63. The van der Waals surface area contributed by atoms with Crippen molar-refractivity contribution in [3.63, 3.8) is 0 Å². The molecule has 0 amide bonds. The second kappa shape index (κ2) is 11.7. The van der Waals surface area contributed by atoms with E-state index in [0.29, 0.717) is 0 Å². The Kier molecular flexibility index (Phi) is 10.2. The molecule has 0 saturated carbocycles. The van der Waals surface area contributed by atoms with E-state index in [-0.39, 0.29) is 37.9 Å². The fraction of sp³-hybridized carbons (Fsp3) is 0.721. The lowest BCUT2D eigenvalue weighted by molar-refractivity contribution is 0.472. The summed E-state index contributed by atoms with van der Waals surface area (Å²) in [6, 6.07) is 7.56. The average Bonchev–Trinajstić information content (AvgIpc) is 2.72. The topological polar surface area (TPSA) is 0 Å². The van der Waals surface area contributed by atoms with Crippen LogP contribution in [-0.2, 0) is 50.7 Å². The van der Waals surface area contributed by atoms with Crippen molar-refractivity contribution in [3.8, 4) is 0 Å². The highest BCUT2D eigenvalue weighted by Gasteiger charge is 2.38. The molecule has 43 heavy (non-hydrogen) atoms. The second-order valence-corrected chi connectivity index (χ2v) is 20.8. The molecule has 2 aromatic rings. The number of hydrogen-bond acceptors (Lipinski definition) is 0. The molecule has 0 saturated heterocycles. The number of hydrogen-bond donors (Lipinski definition) is 0. The Balaban J connectivity index is 2.85. The highest BCUT2D eigenvalue weighted by Crippen LogP contribution is 2.48. The standard InChI is InChI=1S/C43H72/c1-37(2,3)30-26-25-28(32(39(7,8)9)34(30)41(13,14)15)23-22-24-29-27-31(38(4,5)6)35(42(16,17)18)36(43(19,20)21)33(29)40(10,11)12/h25-27H,22-24H2,1-21H3. The highest BCUT2D eigenvalue weighted by atomic mass is 14.4. The van der Waals surface area contributed by atoms with E-state index < -0.39 is 0 Å². The van der Waals surface area contributed by atoms with Crippen molar-refractivity contribution in [2.24, 2.45) is 0 Å². The third-order valence-corrected chi connectivity index (χ3v) is 8.96. The Morgan fingerprint density at radius 1 is 0.326 bits per heavy atom. The minimum atomic E-state index is 0.0606. The van der Waals surface area contributed by atoms with Gasteiger partial charge in [0.2, 0.25) is 0 Å². The molecule has 0 nitrogen and oxygen atoms in total. The molecule has 0 aromatic heterocycles. The van der Waals surface area contributed by atoms with Crippen molar-refractivity contribution >= 4 is 0 Å². The van der Waals surface area contributed by atoms with Gasteiger partial charge in [-0.05, 0) is 107 Å². The van der Waals surface area contributed by atoms with Crippen LogP contribution in [0.25, 0.3) is 0 Å². The largest absolute Gasteiger partial charge is 0.0584 e. The first kappa shape index (κ1) is 37.6. The highest BCUT2D eigenvalue weighted by molar-refractivity contribution is 5.57. The molecule has 0 N–H and O–H groups in total. The summed E-state index contributed by atoms with van der Waals surface area (Å²) in [7, 11) is 0. The van der Waals surface area contributed by atoms with Gasteiger partial charge in [0, 0.05) is 0 Å². The van der Waals surface area contributed by atoms with Crippen LogP contribution >= 0.6 is 0 Å². The van der Waals surface area contributed by atoms with Crippen LogP contribution in [0.2, 0.25) is 0 Å². The zero-order valence-corrected chi connectivity index (χ0v) is 32.9. The van der Waals surface area contributed by atoms with E-state index in [4.69, 9.17) is 0 Å². The second-order valence-electron chi connectivity index (χ2n) is 20.8. The van der Waals surface area contributed by atoms with Crippen molar-refractivity contribution in [1.82, 2.24) is 0 Å². The Hall–Kier alpha value is -1.56. The van der Waals surface area contributed by atoms with Crippen molar-refractivity contribution in [1.29, 1.82) is 0 Å². The molecule has 0 aliphatic carbocycles. The van der Waals surface area contributed by atoms with Gasteiger partial charge in [-0.3, -0.25) is 0 Å². The van der Waals surface area contributed by atoms with Crippen LogP contribution in [0.4, 0.5) is 0 Å². The van der Waals surface area contributed by atoms with E-state index >= 15 is 0 Å². The van der Waals surface area contributed by atoms with Gasteiger partial charge in [0.15, 0.2) is 0 Å². The third-order valence-electron chi connectivity index (χ3n) is 8.96. The molecule has 0 atom stereocenters. The Bertz CT molecular complexity index is 1280. The summed E-state index contributed by atoms with van der Waals surface area (Å²) in [6.45, 7) is 50.7. The maximum atomic E-state index is 2.63. The van der Waals surface area contributed by atoms with Crippen LogP contribution in [0.3, 0.4) is 0 Å². The van der Waals surface area contributed by atoms with Gasteiger partial charge in [-0.2, -0.15) is 0 Å². The van der Waals surface area contributed by atoms with E-state index in [1.807, 2.05) is 0 Å². The van der Waals surface area contributed by atoms with E-state index in [2.05, 4.69) is 164 Å². The molecule has 0 spiro atoms.